The number of pyridine rings is 3. The largest absolute Gasteiger partial charge is 0.376 e. The molecule has 4 aromatic rings. The molecule has 1 unspecified atom stereocenters. The van der Waals surface area contributed by atoms with E-state index in [0.717, 1.165) is 12.0 Å². The average molecular weight is 892 g/mol. The van der Waals surface area contributed by atoms with Crippen LogP contribution in [0, 0.1) is 18.3 Å². The predicted molar refractivity (Wildman–Crippen MR) is 241 cm³/mol. The summed E-state index contributed by atoms with van der Waals surface area (Å²) in [6, 6.07) is 15.4. The lowest BCUT2D eigenvalue weighted by Crippen LogP contribution is -2.38. The second-order valence-electron chi connectivity index (χ2n) is 16.5. The lowest BCUT2D eigenvalue weighted by molar-refractivity contribution is -0.119. The molecule has 4 N–H and O–H groups in total. The van der Waals surface area contributed by atoms with Crippen LogP contribution in [0.1, 0.15) is 112 Å². The first-order valence-electron chi connectivity index (χ1n) is 22.0. The number of carbonyl (C=O) groups excluding carboxylic acids is 5. The summed E-state index contributed by atoms with van der Waals surface area (Å²) in [4.78, 5) is 81.6. The Kier molecular flexibility index (Phi) is 16.1. The number of anilines is 4. The van der Waals surface area contributed by atoms with Crippen molar-refractivity contribution in [2.24, 2.45) is 0 Å². The minimum Gasteiger partial charge on any atom is -0.376 e. The minimum absolute atomic E-state index is 0.00931. The van der Waals surface area contributed by atoms with Crippen molar-refractivity contribution in [2.45, 2.75) is 83.6 Å². The highest BCUT2D eigenvalue weighted by atomic mass is 19.3. The van der Waals surface area contributed by atoms with Gasteiger partial charge in [0.25, 0.3) is 23.6 Å². The van der Waals surface area contributed by atoms with Crippen molar-refractivity contribution in [1.82, 2.24) is 35.4 Å². The van der Waals surface area contributed by atoms with Crippen molar-refractivity contribution >= 4 is 53.2 Å². The van der Waals surface area contributed by atoms with Crippen molar-refractivity contribution in [3.05, 3.63) is 101 Å². The van der Waals surface area contributed by atoms with E-state index in [1.165, 1.54) is 29.6 Å². The van der Waals surface area contributed by atoms with Gasteiger partial charge in [-0.05, 0) is 105 Å². The second-order valence-corrected chi connectivity index (χ2v) is 16.5. The van der Waals surface area contributed by atoms with Crippen LogP contribution >= 0.6 is 0 Å². The first-order valence-corrected chi connectivity index (χ1v) is 22.0. The summed E-state index contributed by atoms with van der Waals surface area (Å²) in [7, 11) is 0. The molecule has 0 spiro atoms. The maximum absolute atomic E-state index is 14.2. The van der Waals surface area contributed by atoms with Crippen LogP contribution in [-0.2, 0) is 9.59 Å². The minimum atomic E-state index is -2.81. The zero-order chi connectivity index (χ0) is 46.5. The van der Waals surface area contributed by atoms with Gasteiger partial charge < -0.3 is 31.1 Å². The number of hydrogen-bond acceptors (Lipinski definition) is 12. The fraction of sp³-hybridized carbons (Fsp3) is 0.426. The topological polar surface area (TPSA) is 206 Å². The van der Waals surface area contributed by atoms with Crippen LogP contribution in [-0.4, -0.2) is 113 Å². The Balaban J connectivity index is 0.946. The third-order valence-electron chi connectivity index (χ3n) is 11.7. The van der Waals surface area contributed by atoms with E-state index in [2.05, 4.69) is 42.3 Å². The van der Waals surface area contributed by atoms with E-state index in [-0.39, 0.29) is 66.2 Å². The van der Waals surface area contributed by atoms with E-state index in [0.29, 0.717) is 105 Å². The number of carbonyl (C=O) groups is 5. The molecular weight excluding hydrogens is 837 g/mol. The number of halogens is 2. The number of nitriles is 1. The number of piperidine rings is 1. The maximum atomic E-state index is 14.2. The number of hydrogen-bond donors (Lipinski definition) is 4. The van der Waals surface area contributed by atoms with Crippen molar-refractivity contribution in [3.8, 4) is 6.07 Å². The van der Waals surface area contributed by atoms with Crippen LogP contribution in [0.25, 0.3) is 0 Å². The lowest BCUT2D eigenvalue weighted by Gasteiger charge is -2.33. The molecule has 5 heterocycles. The molecule has 6 rings (SSSR count). The maximum Gasteiger partial charge on any atom is 0.266 e. The third-order valence-corrected chi connectivity index (χ3v) is 11.7. The SMILES string of the molecule is CCCC(C)N(C=O)C(=O)c1cccc(NCC(=O)NCCCCNC(=O)c2cncc(C(=O)N3CCC(c4cc(Nc5cc(C#N)ccn5)nc(N5CCC(F)(F)C5)c4)CC3)c2)c1C. The standard InChI is InChI=1S/C47H55F2N11O5/c1-4-8-31(2)60(30-61)46(65)38-9-7-10-39(32(38)3)55-28-43(62)53-15-5-6-16-54-44(63)36-22-37(27-51-26-36)45(64)58-18-12-34(13-19-58)35-23-41(56-40-21-33(25-50)11-17-52-40)57-42(24-35)59-20-14-47(48,49)29-59/h7,9-11,17,21-24,26-27,30-31,34,55H,4-6,8,12-16,18-20,28-29H2,1-3H3,(H,53,62)(H,54,63)(H,52,56,57). The van der Waals surface area contributed by atoms with Gasteiger partial charge in [0, 0.05) is 75.0 Å². The zero-order valence-corrected chi connectivity index (χ0v) is 36.9. The number of aromatic nitrogens is 3. The van der Waals surface area contributed by atoms with Gasteiger partial charge in [0.05, 0.1) is 35.8 Å². The molecule has 0 bridgehead atoms. The third kappa shape index (κ3) is 12.6. The predicted octanol–water partition coefficient (Wildman–Crippen LogP) is 6.19. The van der Waals surface area contributed by atoms with Crippen LogP contribution in [0.2, 0.25) is 0 Å². The molecule has 0 radical (unpaired) electrons. The highest BCUT2D eigenvalue weighted by Crippen LogP contribution is 2.36. The molecule has 2 fully saturated rings. The molecule has 1 aromatic carbocycles. The van der Waals surface area contributed by atoms with E-state index in [1.807, 2.05) is 26.0 Å². The Labute approximate surface area is 377 Å². The highest BCUT2D eigenvalue weighted by Gasteiger charge is 2.39. The summed E-state index contributed by atoms with van der Waals surface area (Å²) in [5, 5.41) is 21.2. The normalized spacial score (nSPS) is 15.1. The molecule has 65 heavy (non-hydrogen) atoms. The summed E-state index contributed by atoms with van der Waals surface area (Å²) in [5.74, 6) is -2.84. The highest BCUT2D eigenvalue weighted by molar-refractivity contribution is 6.02. The van der Waals surface area contributed by atoms with Gasteiger partial charge in [0.2, 0.25) is 12.3 Å². The molecule has 3 aromatic heterocycles. The molecule has 2 aliphatic heterocycles. The number of unbranched alkanes of at least 4 members (excludes halogenated alkanes) is 1. The molecule has 16 nitrogen and oxygen atoms in total. The Morgan fingerprint density at radius 2 is 1.75 bits per heavy atom. The first kappa shape index (κ1) is 47.4. The first-order chi connectivity index (χ1) is 31.3. The lowest BCUT2D eigenvalue weighted by atomic mass is 9.89. The molecule has 1 atom stereocenters. The Hall–Kier alpha value is -7.03. The zero-order valence-electron chi connectivity index (χ0n) is 36.9. The fourth-order valence-electron chi connectivity index (χ4n) is 8.04. The van der Waals surface area contributed by atoms with Crippen molar-refractivity contribution in [1.29, 1.82) is 5.26 Å². The number of imide groups is 1. The van der Waals surface area contributed by atoms with Crippen molar-refractivity contribution in [2.75, 3.05) is 61.3 Å². The van der Waals surface area contributed by atoms with Gasteiger partial charge in [0.1, 0.15) is 17.5 Å². The van der Waals surface area contributed by atoms with Gasteiger partial charge in [-0.2, -0.15) is 5.26 Å². The number of rotatable bonds is 19. The molecular formula is C47H55F2N11O5. The summed E-state index contributed by atoms with van der Waals surface area (Å²) in [5.41, 5.74) is 3.46. The van der Waals surface area contributed by atoms with Crippen molar-refractivity contribution in [3.63, 3.8) is 0 Å². The average Bonchev–Trinajstić information content (AvgIpc) is 3.69. The van der Waals surface area contributed by atoms with Crippen LogP contribution in [0.15, 0.2) is 67.1 Å². The monoisotopic (exact) mass is 891 g/mol. The fourth-order valence-corrected chi connectivity index (χ4v) is 8.04. The number of likely N-dealkylation sites (tertiary alicyclic amines) is 1. The summed E-state index contributed by atoms with van der Waals surface area (Å²) >= 11 is 0. The van der Waals surface area contributed by atoms with Gasteiger partial charge in [-0.25, -0.2) is 18.7 Å². The molecule has 18 heteroatoms. The van der Waals surface area contributed by atoms with Gasteiger partial charge in [0.15, 0.2) is 0 Å². The Morgan fingerprint density at radius 3 is 2.46 bits per heavy atom. The van der Waals surface area contributed by atoms with Gasteiger partial charge in [-0.15, -0.1) is 0 Å². The molecule has 2 saturated heterocycles. The summed E-state index contributed by atoms with van der Waals surface area (Å²) in [6.45, 7) is 6.87. The van der Waals surface area contributed by atoms with E-state index in [1.54, 1.807) is 47.1 Å². The van der Waals surface area contributed by atoms with Gasteiger partial charge in [-0.1, -0.05) is 19.4 Å². The number of alkyl halides is 2. The summed E-state index contributed by atoms with van der Waals surface area (Å²) < 4.78 is 28.5. The quantitative estimate of drug-likeness (QED) is 0.0615. The molecule has 2 aliphatic rings. The van der Waals surface area contributed by atoms with Crippen molar-refractivity contribution < 1.29 is 32.8 Å². The smallest absolute Gasteiger partial charge is 0.266 e. The van der Waals surface area contributed by atoms with Gasteiger partial charge in [-0.3, -0.25) is 33.9 Å². The molecule has 5 amide bonds. The number of nitrogens with zero attached hydrogens (tertiary/aromatic N) is 7. The Bertz CT molecular complexity index is 2400. The van der Waals surface area contributed by atoms with Crippen LogP contribution in [0.3, 0.4) is 0 Å². The van der Waals surface area contributed by atoms with Gasteiger partial charge >= 0.3 is 0 Å². The second kappa shape index (κ2) is 22.0. The number of nitrogens with one attached hydrogen (secondary N) is 4. The van der Waals surface area contributed by atoms with E-state index >= 15 is 0 Å². The summed E-state index contributed by atoms with van der Waals surface area (Å²) in [6.07, 6.45) is 8.56. The number of amides is 5. The van der Waals surface area contributed by atoms with Crippen LogP contribution in [0.5, 0.6) is 0 Å². The number of benzene rings is 1. The van der Waals surface area contributed by atoms with E-state index in [4.69, 9.17) is 0 Å². The van der Waals surface area contributed by atoms with E-state index < -0.39 is 12.5 Å². The molecule has 0 aliphatic carbocycles. The molecule has 0 saturated carbocycles. The van der Waals surface area contributed by atoms with Crippen LogP contribution in [0.4, 0.5) is 31.9 Å². The molecule has 342 valence electrons. The van der Waals surface area contributed by atoms with Crippen LogP contribution < -0.4 is 26.2 Å². The Morgan fingerprint density at radius 1 is 1.00 bits per heavy atom. The van der Waals surface area contributed by atoms with E-state index in [9.17, 15) is 38.0 Å².